The SMILES string of the molecule is CC(=O)N1CCC(c2nc(C3CCCCC3)no2)C1. The zero-order valence-corrected chi connectivity index (χ0v) is 11.5. The van der Waals surface area contributed by atoms with E-state index < -0.39 is 0 Å². The molecule has 2 fully saturated rings. The zero-order valence-electron chi connectivity index (χ0n) is 11.5. The van der Waals surface area contributed by atoms with Crippen molar-refractivity contribution in [2.45, 2.75) is 57.3 Å². The molecule has 1 aromatic rings. The van der Waals surface area contributed by atoms with Crippen molar-refractivity contribution in [1.82, 2.24) is 15.0 Å². The van der Waals surface area contributed by atoms with Crippen LogP contribution in [0.4, 0.5) is 0 Å². The summed E-state index contributed by atoms with van der Waals surface area (Å²) in [5.41, 5.74) is 0. The Balaban J connectivity index is 1.66. The van der Waals surface area contributed by atoms with E-state index in [1.54, 1.807) is 6.92 Å². The van der Waals surface area contributed by atoms with Crippen LogP contribution in [0.25, 0.3) is 0 Å². The molecule has 1 saturated heterocycles. The van der Waals surface area contributed by atoms with Gasteiger partial charge in [-0.25, -0.2) is 0 Å². The fourth-order valence-electron chi connectivity index (χ4n) is 3.19. The standard InChI is InChI=1S/C14H21N3O2/c1-10(18)17-8-7-12(9-17)14-15-13(16-19-14)11-5-3-2-4-6-11/h11-12H,2-9H2,1H3. The van der Waals surface area contributed by atoms with Gasteiger partial charge in [-0.15, -0.1) is 0 Å². The molecule has 1 unspecified atom stereocenters. The number of hydrogen-bond acceptors (Lipinski definition) is 4. The predicted molar refractivity (Wildman–Crippen MR) is 69.7 cm³/mol. The Morgan fingerprint density at radius 2 is 2.00 bits per heavy atom. The molecule has 1 atom stereocenters. The number of amides is 1. The molecular formula is C14H21N3O2. The van der Waals surface area contributed by atoms with Crippen LogP contribution in [0.3, 0.4) is 0 Å². The zero-order chi connectivity index (χ0) is 13.2. The van der Waals surface area contributed by atoms with Crippen molar-refractivity contribution in [1.29, 1.82) is 0 Å². The van der Waals surface area contributed by atoms with Crippen molar-refractivity contribution in [3.63, 3.8) is 0 Å². The number of carbonyl (C=O) groups excluding carboxylic acids is 1. The van der Waals surface area contributed by atoms with E-state index >= 15 is 0 Å². The van der Waals surface area contributed by atoms with Gasteiger partial charge >= 0.3 is 0 Å². The molecular weight excluding hydrogens is 242 g/mol. The number of rotatable bonds is 2. The minimum atomic E-state index is 0.134. The van der Waals surface area contributed by atoms with Crippen LogP contribution < -0.4 is 0 Å². The van der Waals surface area contributed by atoms with E-state index in [0.717, 1.165) is 31.2 Å². The van der Waals surface area contributed by atoms with Crippen LogP contribution in [0.15, 0.2) is 4.52 Å². The largest absolute Gasteiger partial charge is 0.342 e. The minimum absolute atomic E-state index is 0.134. The van der Waals surface area contributed by atoms with Crippen molar-refractivity contribution < 1.29 is 9.32 Å². The van der Waals surface area contributed by atoms with E-state index in [0.29, 0.717) is 5.92 Å². The van der Waals surface area contributed by atoms with Crippen LogP contribution in [-0.4, -0.2) is 34.0 Å². The molecule has 2 aliphatic rings. The lowest BCUT2D eigenvalue weighted by molar-refractivity contribution is -0.127. The number of aromatic nitrogens is 2. The molecule has 104 valence electrons. The van der Waals surface area contributed by atoms with Crippen LogP contribution in [0, 0.1) is 0 Å². The lowest BCUT2D eigenvalue weighted by Crippen LogP contribution is -2.25. The second-order valence-electron chi connectivity index (χ2n) is 5.78. The minimum Gasteiger partial charge on any atom is -0.342 e. The molecule has 2 heterocycles. The highest BCUT2D eigenvalue weighted by Gasteiger charge is 2.30. The van der Waals surface area contributed by atoms with Crippen molar-refractivity contribution in [3.05, 3.63) is 11.7 Å². The smallest absolute Gasteiger partial charge is 0.231 e. The molecule has 0 spiro atoms. The highest BCUT2D eigenvalue weighted by atomic mass is 16.5. The Morgan fingerprint density at radius 1 is 1.21 bits per heavy atom. The quantitative estimate of drug-likeness (QED) is 0.822. The summed E-state index contributed by atoms with van der Waals surface area (Å²) in [6, 6.07) is 0. The molecule has 0 radical (unpaired) electrons. The maximum absolute atomic E-state index is 11.3. The third-order valence-electron chi connectivity index (χ3n) is 4.41. The molecule has 19 heavy (non-hydrogen) atoms. The molecule has 1 aromatic heterocycles. The Labute approximate surface area is 113 Å². The molecule has 0 bridgehead atoms. The van der Waals surface area contributed by atoms with Gasteiger partial charge in [-0.3, -0.25) is 4.79 Å². The van der Waals surface area contributed by atoms with E-state index in [9.17, 15) is 4.79 Å². The molecule has 5 nitrogen and oxygen atoms in total. The van der Waals surface area contributed by atoms with Gasteiger partial charge in [0.25, 0.3) is 0 Å². The van der Waals surface area contributed by atoms with E-state index in [2.05, 4.69) is 10.1 Å². The molecule has 5 heteroatoms. The third kappa shape index (κ3) is 2.65. The molecule has 3 rings (SSSR count). The Bertz CT molecular complexity index is 451. The topological polar surface area (TPSA) is 59.2 Å². The van der Waals surface area contributed by atoms with Crippen molar-refractivity contribution >= 4 is 5.91 Å². The van der Waals surface area contributed by atoms with Crippen LogP contribution in [0.2, 0.25) is 0 Å². The monoisotopic (exact) mass is 263 g/mol. The summed E-state index contributed by atoms with van der Waals surface area (Å²) in [5.74, 6) is 2.46. The predicted octanol–water partition coefficient (Wildman–Crippen LogP) is 2.45. The molecule has 1 aliphatic heterocycles. The van der Waals surface area contributed by atoms with Crippen LogP contribution in [-0.2, 0) is 4.79 Å². The molecule has 1 aliphatic carbocycles. The van der Waals surface area contributed by atoms with Gasteiger partial charge in [-0.05, 0) is 19.3 Å². The summed E-state index contributed by atoms with van der Waals surface area (Å²) in [5, 5.41) is 4.16. The lowest BCUT2D eigenvalue weighted by atomic mass is 9.89. The van der Waals surface area contributed by atoms with Gasteiger partial charge in [0.05, 0.1) is 5.92 Å². The first-order valence-electron chi connectivity index (χ1n) is 7.33. The van der Waals surface area contributed by atoms with Crippen molar-refractivity contribution in [3.8, 4) is 0 Å². The van der Waals surface area contributed by atoms with Crippen LogP contribution >= 0.6 is 0 Å². The van der Waals surface area contributed by atoms with Gasteiger partial charge in [0.1, 0.15) is 0 Å². The number of carbonyl (C=O) groups is 1. The number of likely N-dealkylation sites (tertiary alicyclic amines) is 1. The summed E-state index contributed by atoms with van der Waals surface area (Å²) in [4.78, 5) is 17.8. The van der Waals surface area contributed by atoms with Crippen molar-refractivity contribution in [2.75, 3.05) is 13.1 Å². The number of nitrogens with zero attached hydrogens (tertiary/aromatic N) is 3. The Morgan fingerprint density at radius 3 is 2.68 bits per heavy atom. The summed E-state index contributed by atoms with van der Waals surface area (Å²) >= 11 is 0. The average molecular weight is 263 g/mol. The molecule has 0 N–H and O–H groups in total. The fourth-order valence-corrected chi connectivity index (χ4v) is 3.19. The maximum Gasteiger partial charge on any atom is 0.231 e. The first-order valence-corrected chi connectivity index (χ1v) is 7.33. The van der Waals surface area contributed by atoms with Gasteiger partial charge < -0.3 is 9.42 Å². The Hall–Kier alpha value is -1.39. The summed E-state index contributed by atoms with van der Waals surface area (Å²) in [7, 11) is 0. The average Bonchev–Trinajstić information content (AvgIpc) is 3.09. The highest BCUT2D eigenvalue weighted by molar-refractivity contribution is 5.73. The third-order valence-corrected chi connectivity index (χ3v) is 4.41. The lowest BCUT2D eigenvalue weighted by Gasteiger charge is -2.17. The second kappa shape index (κ2) is 5.31. The molecule has 0 aromatic carbocycles. The van der Waals surface area contributed by atoms with Gasteiger partial charge in [0.15, 0.2) is 5.82 Å². The first kappa shape index (κ1) is 12.6. The summed E-state index contributed by atoms with van der Waals surface area (Å²) in [6.07, 6.45) is 7.18. The van der Waals surface area contributed by atoms with E-state index in [4.69, 9.17) is 4.52 Å². The molecule has 1 saturated carbocycles. The maximum atomic E-state index is 11.3. The first-order chi connectivity index (χ1) is 9.24. The summed E-state index contributed by atoms with van der Waals surface area (Å²) < 4.78 is 5.43. The summed E-state index contributed by atoms with van der Waals surface area (Å²) in [6.45, 7) is 3.15. The van der Waals surface area contributed by atoms with Crippen LogP contribution in [0.1, 0.15) is 69.0 Å². The van der Waals surface area contributed by atoms with E-state index in [1.807, 2.05) is 4.90 Å². The van der Waals surface area contributed by atoms with E-state index in [-0.39, 0.29) is 11.8 Å². The normalized spacial score (nSPS) is 24.9. The van der Waals surface area contributed by atoms with Crippen molar-refractivity contribution in [2.24, 2.45) is 0 Å². The second-order valence-corrected chi connectivity index (χ2v) is 5.78. The van der Waals surface area contributed by atoms with Gasteiger partial charge in [-0.1, -0.05) is 24.4 Å². The Kier molecular flexibility index (Phi) is 3.53. The van der Waals surface area contributed by atoms with Crippen LogP contribution in [0.5, 0.6) is 0 Å². The highest BCUT2D eigenvalue weighted by Crippen LogP contribution is 2.32. The van der Waals surface area contributed by atoms with Gasteiger partial charge in [-0.2, -0.15) is 4.98 Å². The molecule has 1 amide bonds. The van der Waals surface area contributed by atoms with Gasteiger partial charge in [0, 0.05) is 25.9 Å². The number of hydrogen-bond donors (Lipinski definition) is 0. The fraction of sp³-hybridized carbons (Fsp3) is 0.786. The van der Waals surface area contributed by atoms with E-state index in [1.165, 1.54) is 32.1 Å². The van der Waals surface area contributed by atoms with Gasteiger partial charge in [0.2, 0.25) is 11.8 Å².